The van der Waals surface area contributed by atoms with Gasteiger partial charge in [0.1, 0.15) is 11.3 Å². The van der Waals surface area contributed by atoms with Gasteiger partial charge in [-0.2, -0.15) is 0 Å². The number of hydrogen-bond donors (Lipinski definition) is 0. The van der Waals surface area contributed by atoms with Crippen LogP contribution in [0.5, 0.6) is 0 Å². The molecule has 3 rings (SSSR count). The van der Waals surface area contributed by atoms with Crippen LogP contribution in [0, 0.1) is 12.8 Å². The first-order valence-corrected chi connectivity index (χ1v) is 7.27. The first-order valence-electron chi connectivity index (χ1n) is 6.74. The van der Waals surface area contributed by atoms with Crippen LogP contribution in [-0.2, 0) is 17.2 Å². The summed E-state index contributed by atoms with van der Waals surface area (Å²) < 4.78 is 7.76. The van der Waals surface area contributed by atoms with Crippen LogP contribution in [0.3, 0.4) is 0 Å². The average Bonchev–Trinajstić information content (AvgIpc) is 3.16. The number of aromatic nitrogens is 3. The van der Waals surface area contributed by atoms with Crippen molar-refractivity contribution in [1.29, 1.82) is 0 Å². The van der Waals surface area contributed by atoms with E-state index in [1.165, 1.54) is 12.8 Å². The molecule has 1 aliphatic carbocycles. The lowest BCUT2D eigenvalue weighted by Crippen LogP contribution is -2.10. The van der Waals surface area contributed by atoms with E-state index in [0.717, 1.165) is 41.6 Å². The van der Waals surface area contributed by atoms with E-state index in [2.05, 4.69) is 14.5 Å². The Bertz CT molecular complexity index is 577. The van der Waals surface area contributed by atoms with E-state index in [9.17, 15) is 0 Å². The number of halogens is 1. The number of alkyl halides is 1. The molecule has 0 N–H and O–H groups in total. The maximum Gasteiger partial charge on any atom is 0.160 e. The van der Waals surface area contributed by atoms with Gasteiger partial charge < -0.3 is 9.30 Å². The zero-order valence-electron chi connectivity index (χ0n) is 11.1. The Morgan fingerprint density at radius 2 is 2.32 bits per heavy atom. The molecule has 2 aromatic heterocycles. The van der Waals surface area contributed by atoms with Gasteiger partial charge >= 0.3 is 0 Å². The Hall–Kier alpha value is -1.13. The van der Waals surface area contributed by atoms with Gasteiger partial charge in [-0.25, -0.2) is 9.97 Å². The monoisotopic (exact) mass is 279 g/mol. The molecular formula is C14H18ClN3O. The molecule has 0 saturated heterocycles. The molecule has 0 aliphatic heterocycles. The topological polar surface area (TPSA) is 39.9 Å². The summed E-state index contributed by atoms with van der Waals surface area (Å²) in [7, 11) is 0. The van der Waals surface area contributed by atoms with Crippen LogP contribution in [0.15, 0.2) is 12.3 Å². The third-order valence-electron chi connectivity index (χ3n) is 3.54. The van der Waals surface area contributed by atoms with Crippen molar-refractivity contribution in [1.82, 2.24) is 14.5 Å². The summed E-state index contributed by atoms with van der Waals surface area (Å²) in [4.78, 5) is 8.99. The van der Waals surface area contributed by atoms with Crippen molar-refractivity contribution in [3.05, 3.63) is 23.7 Å². The number of rotatable bonds is 6. The molecule has 1 aliphatic rings. The summed E-state index contributed by atoms with van der Waals surface area (Å²) in [5, 5.41) is 0. The molecule has 5 heteroatoms. The first kappa shape index (κ1) is 12.9. The second kappa shape index (κ2) is 5.47. The predicted octanol–water partition coefficient (Wildman–Crippen LogP) is 2.91. The van der Waals surface area contributed by atoms with Crippen molar-refractivity contribution < 1.29 is 4.74 Å². The predicted molar refractivity (Wildman–Crippen MR) is 75.4 cm³/mol. The number of imidazole rings is 1. The van der Waals surface area contributed by atoms with Gasteiger partial charge in [-0.3, -0.25) is 0 Å². The van der Waals surface area contributed by atoms with E-state index in [0.29, 0.717) is 12.5 Å². The molecular weight excluding hydrogens is 262 g/mol. The molecule has 1 fully saturated rings. The van der Waals surface area contributed by atoms with Crippen LogP contribution >= 0.6 is 11.6 Å². The van der Waals surface area contributed by atoms with Gasteiger partial charge in [-0.15, -0.1) is 11.6 Å². The van der Waals surface area contributed by atoms with E-state index < -0.39 is 0 Å². The highest BCUT2D eigenvalue weighted by Crippen LogP contribution is 2.28. The van der Waals surface area contributed by atoms with Crippen molar-refractivity contribution in [2.75, 3.05) is 13.2 Å². The molecule has 0 unspecified atom stereocenters. The minimum absolute atomic E-state index is 0.401. The van der Waals surface area contributed by atoms with Gasteiger partial charge in [0.05, 0.1) is 12.5 Å². The summed E-state index contributed by atoms with van der Waals surface area (Å²) in [6.45, 7) is 4.39. The van der Waals surface area contributed by atoms with E-state index in [4.69, 9.17) is 16.3 Å². The van der Waals surface area contributed by atoms with Crippen molar-refractivity contribution in [3.63, 3.8) is 0 Å². The minimum atomic E-state index is 0.401. The Kier molecular flexibility index (Phi) is 3.71. The highest BCUT2D eigenvalue weighted by molar-refractivity contribution is 6.16. The van der Waals surface area contributed by atoms with Crippen LogP contribution < -0.4 is 0 Å². The Labute approximate surface area is 117 Å². The van der Waals surface area contributed by atoms with E-state index in [1.807, 2.05) is 19.2 Å². The van der Waals surface area contributed by atoms with Gasteiger partial charge in [-0.1, -0.05) is 0 Å². The zero-order chi connectivity index (χ0) is 13.2. The SMILES string of the molecule is Cc1ccnc2c1nc(CCl)n2CCOCC1CC1. The molecule has 0 radical (unpaired) electrons. The van der Waals surface area contributed by atoms with Crippen LogP contribution in [0.1, 0.15) is 24.2 Å². The molecule has 4 nitrogen and oxygen atoms in total. The van der Waals surface area contributed by atoms with Crippen LogP contribution in [-0.4, -0.2) is 27.7 Å². The van der Waals surface area contributed by atoms with E-state index in [-0.39, 0.29) is 0 Å². The summed E-state index contributed by atoms with van der Waals surface area (Å²) in [5.74, 6) is 2.07. The number of ether oxygens (including phenoxy) is 1. The zero-order valence-corrected chi connectivity index (χ0v) is 11.9. The third-order valence-corrected chi connectivity index (χ3v) is 3.78. The van der Waals surface area contributed by atoms with Gasteiger partial charge in [0, 0.05) is 19.3 Å². The molecule has 0 aromatic carbocycles. The lowest BCUT2D eigenvalue weighted by atomic mass is 10.3. The summed E-state index contributed by atoms with van der Waals surface area (Å²) >= 11 is 5.98. The lowest BCUT2D eigenvalue weighted by molar-refractivity contribution is 0.117. The Balaban J connectivity index is 1.77. The van der Waals surface area contributed by atoms with Crippen LogP contribution in [0.2, 0.25) is 0 Å². The molecule has 2 aromatic rings. The molecule has 0 bridgehead atoms. The first-order chi connectivity index (χ1) is 9.29. The highest BCUT2D eigenvalue weighted by atomic mass is 35.5. The number of nitrogens with zero attached hydrogens (tertiary/aromatic N) is 3. The summed E-state index contributed by atoms with van der Waals surface area (Å²) in [6.07, 6.45) is 4.46. The quantitative estimate of drug-likeness (QED) is 0.603. The van der Waals surface area contributed by atoms with Gasteiger partial charge in [0.2, 0.25) is 0 Å². The second-order valence-corrected chi connectivity index (χ2v) is 5.40. The van der Waals surface area contributed by atoms with Crippen molar-refractivity contribution >= 4 is 22.8 Å². The number of fused-ring (bicyclic) bond motifs is 1. The van der Waals surface area contributed by atoms with Crippen molar-refractivity contribution in [3.8, 4) is 0 Å². The number of hydrogen-bond acceptors (Lipinski definition) is 3. The smallest absolute Gasteiger partial charge is 0.160 e. The molecule has 0 amide bonds. The van der Waals surface area contributed by atoms with Gasteiger partial charge in [-0.05, 0) is 37.3 Å². The van der Waals surface area contributed by atoms with E-state index in [1.54, 1.807) is 0 Å². The average molecular weight is 280 g/mol. The van der Waals surface area contributed by atoms with Gasteiger partial charge in [0.15, 0.2) is 5.65 Å². The molecule has 19 heavy (non-hydrogen) atoms. The number of aryl methyl sites for hydroxylation is 1. The molecule has 102 valence electrons. The van der Waals surface area contributed by atoms with Gasteiger partial charge in [0.25, 0.3) is 0 Å². The number of pyridine rings is 1. The molecule has 1 saturated carbocycles. The van der Waals surface area contributed by atoms with Crippen LogP contribution in [0.4, 0.5) is 0 Å². The lowest BCUT2D eigenvalue weighted by Gasteiger charge is -2.07. The Morgan fingerprint density at radius 3 is 3.05 bits per heavy atom. The second-order valence-electron chi connectivity index (χ2n) is 5.13. The molecule has 0 atom stereocenters. The largest absolute Gasteiger partial charge is 0.379 e. The molecule has 2 heterocycles. The Morgan fingerprint density at radius 1 is 1.47 bits per heavy atom. The fraction of sp³-hybridized carbons (Fsp3) is 0.571. The minimum Gasteiger partial charge on any atom is -0.379 e. The summed E-state index contributed by atoms with van der Waals surface area (Å²) in [6, 6.07) is 1.97. The standard InChI is InChI=1S/C14H18ClN3O/c1-10-4-5-16-14-13(10)17-12(8-15)18(14)6-7-19-9-11-2-3-11/h4-5,11H,2-3,6-9H2,1H3. The normalized spacial score (nSPS) is 15.3. The van der Waals surface area contributed by atoms with E-state index >= 15 is 0 Å². The van der Waals surface area contributed by atoms with Crippen molar-refractivity contribution in [2.24, 2.45) is 5.92 Å². The summed E-state index contributed by atoms with van der Waals surface area (Å²) in [5.41, 5.74) is 2.99. The fourth-order valence-corrected chi connectivity index (χ4v) is 2.41. The maximum atomic E-state index is 5.98. The fourth-order valence-electron chi connectivity index (χ4n) is 2.21. The third kappa shape index (κ3) is 2.74. The maximum absolute atomic E-state index is 5.98. The molecule has 0 spiro atoms. The highest BCUT2D eigenvalue weighted by Gasteiger charge is 2.21. The van der Waals surface area contributed by atoms with Crippen molar-refractivity contribution in [2.45, 2.75) is 32.2 Å². The van der Waals surface area contributed by atoms with Crippen LogP contribution in [0.25, 0.3) is 11.2 Å².